The van der Waals surface area contributed by atoms with Crippen LogP contribution in [0.15, 0.2) is 30.3 Å². The van der Waals surface area contributed by atoms with Gasteiger partial charge in [0.1, 0.15) is 0 Å². The molecule has 2 rings (SSSR count). The molecule has 1 N–H and O–H groups in total. The SMILES string of the molecule is COC(=O)[C@]1(OC)C[C@@H](C)[C@@H](C)C([C@H](C)[C@@H](CO)OCc2ccccc2)O1. The van der Waals surface area contributed by atoms with E-state index < -0.39 is 17.9 Å². The molecule has 0 bridgehead atoms. The lowest BCUT2D eigenvalue weighted by Gasteiger charge is -2.47. The molecular formula is C21H32O6. The third-order valence-electron chi connectivity index (χ3n) is 5.75. The highest BCUT2D eigenvalue weighted by Gasteiger charge is 2.52. The molecule has 27 heavy (non-hydrogen) atoms. The smallest absolute Gasteiger partial charge is 0.366 e. The van der Waals surface area contributed by atoms with Gasteiger partial charge in [0, 0.05) is 19.4 Å². The molecule has 0 amide bonds. The number of rotatable bonds is 8. The zero-order valence-corrected chi connectivity index (χ0v) is 16.9. The zero-order chi connectivity index (χ0) is 20.0. The molecule has 1 fully saturated rings. The molecule has 1 aliphatic heterocycles. The Morgan fingerprint density at radius 2 is 1.96 bits per heavy atom. The predicted molar refractivity (Wildman–Crippen MR) is 101 cm³/mol. The number of hydrogen-bond acceptors (Lipinski definition) is 6. The highest BCUT2D eigenvalue weighted by molar-refractivity contribution is 5.78. The molecule has 1 saturated heterocycles. The number of aliphatic hydroxyl groups excluding tert-OH is 1. The van der Waals surface area contributed by atoms with E-state index in [1.807, 2.05) is 37.3 Å². The maximum atomic E-state index is 12.3. The molecule has 152 valence electrons. The summed E-state index contributed by atoms with van der Waals surface area (Å²) in [6.45, 7) is 6.41. The van der Waals surface area contributed by atoms with E-state index in [-0.39, 0.29) is 30.5 Å². The Labute approximate surface area is 161 Å². The number of carbonyl (C=O) groups is 1. The Bertz CT molecular complexity index is 592. The van der Waals surface area contributed by atoms with Crippen LogP contribution in [0.25, 0.3) is 0 Å². The van der Waals surface area contributed by atoms with Crippen LogP contribution in [0.3, 0.4) is 0 Å². The number of aliphatic hydroxyl groups is 1. The van der Waals surface area contributed by atoms with Crippen molar-refractivity contribution in [2.24, 2.45) is 17.8 Å². The number of methoxy groups -OCH3 is 2. The van der Waals surface area contributed by atoms with E-state index in [1.54, 1.807) is 0 Å². The molecule has 6 nitrogen and oxygen atoms in total. The minimum Gasteiger partial charge on any atom is -0.465 e. The van der Waals surface area contributed by atoms with Crippen molar-refractivity contribution in [2.75, 3.05) is 20.8 Å². The highest BCUT2D eigenvalue weighted by atomic mass is 16.7. The largest absolute Gasteiger partial charge is 0.465 e. The number of hydrogen-bond donors (Lipinski definition) is 1. The standard InChI is InChI=1S/C21H32O6/c1-14-11-21(25-5,20(23)24-4)27-19(15(14)2)16(3)18(12-22)26-13-17-9-7-6-8-10-17/h6-10,14-16,18-19,22H,11-13H2,1-5H3/t14-,15-,16-,18-,19?,21+/m1/s1. The van der Waals surface area contributed by atoms with Gasteiger partial charge in [0.15, 0.2) is 0 Å². The van der Waals surface area contributed by atoms with Gasteiger partial charge in [-0.25, -0.2) is 4.79 Å². The average molecular weight is 380 g/mol. The van der Waals surface area contributed by atoms with Crippen molar-refractivity contribution in [3.63, 3.8) is 0 Å². The van der Waals surface area contributed by atoms with Crippen molar-refractivity contribution in [2.45, 2.75) is 51.8 Å². The van der Waals surface area contributed by atoms with E-state index in [0.29, 0.717) is 13.0 Å². The third kappa shape index (κ3) is 4.88. The number of benzene rings is 1. The van der Waals surface area contributed by atoms with Crippen molar-refractivity contribution < 1.29 is 28.8 Å². The first-order chi connectivity index (χ1) is 12.9. The summed E-state index contributed by atoms with van der Waals surface area (Å²) in [6, 6.07) is 9.81. The lowest BCUT2D eigenvalue weighted by molar-refractivity contribution is -0.299. The van der Waals surface area contributed by atoms with Crippen LogP contribution in [0.5, 0.6) is 0 Å². The minimum absolute atomic E-state index is 0.132. The van der Waals surface area contributed by atoms with E-state index in [1.165, 1.54) is 14.2 Å². The summed E-state index contributed by atoms with van der Waals surface area (Å²) in [5.74, 6) is -1.75. The molecule has 1 unspecified atom stereocenters. The monoisotopic (exact) mass is 380 g/mol. The molecule has 1 aliphatic rings. The predicted octanol–water partition coefficient (Wildman–Crippen LogP) is 2.78. The second-order valence-electron chi connectivity index (χ2n) is 7.45. The van der Waals surface area contributed by atoms with Gasteiger partial charge in [-0.2, -0.15) is 0 Å². The first-order valence-corrected chi connectivity index (χ1v) is 9.46. The molecule has 6 heteroatoms. The van der Waals surface area contributed by atoms with Crippen molar-refractivity contribution in [3.8, 4) is 0 Å². The van der Waals surface area contributed by atoms with Gasteiger partial charge in [-0.1, -0.05) is 51.1 Å². The molecular weight excluding hydrogens is 348 g/mol. The van der Waals surface area contributed by atoms with Gasteiger partial charge < -0.3 is 24.1 Å². The van der Waals surface area contributed by atoms with Gasteiger partial charge in [0.2, 0.25) is 0 Å². The summed E-state index contributed by atoms with van der Waals surface area (Å²) >= 11 is 0. The van der Waals surface area contributed by atoms with E-state index in [9.17, 15) is 9.90 Å². The first-order valence-electron chi connectivity index (χ1n) is 9.46. The Kier molecular flexibility index (Phi) is 7.79. The van der Waals surface area contributed by atoms with Crippen LogP contribution < -0.4 is 0 Å². The molecule has 0 spiro atoms. The maximum absolute atomic E-state index is 12.3. The fourth-order valence-electron chi connectivity index (χ4n) is 3.76. The van der Waals surface area contributed by atoms with Crippen LogP contribution in [0.4, 0.5) is 0 Å². The molecule has 0 radical (unpaired) electrons. The third-order valence-corrected chi connectivity index (χ3v) is 5.75. The quantitative estimate of drug-likeness (QED) is 0.699. The Balaban J connectivity index is 2.14. The normalized spacial score (nSPS) is 30.5. The number of ether oxygens (including phenoxy) is 4. The van der Waals surface area contributed by atoms with Crippen LogP contribution in [0.1, 0.15) is 32.8 Å². The Morgan fingerprint density at radius 3 is 2.52 bits per heavy atom. The van der Waals surface area contributed by atoms with E-state index in [4.69, 9.17) is 18.9 Å². The summed E-state index contributed by atoms with van der Waals surface area (Å²) in [5, 5.41) is 9.90. The lowest BCUT2D eigenvalue weighted by atomic mass is 9.76. The van der Waals surface area contributed by atoms with Gasteiger partial charge in [-0.15, -0.1) is 0 Å². The number of carbonyl (C=O) groups excluding carboxylic acids is 1. The molecule has 6 atom stereocenters. The number of esters is 1. The maximum Gasteiger partial charge on any atom is 0.366 e. The fourth-order valence-corrected chi connectivity index (χ4v) is 3.76. The molecule has 0 aliphatic carbocycles. The first kappa shape index (κ1) is 21.8. The van der Waals surface area contributed by atoms with Crippen molar-refractivity contribution in [1.29, 1.82) is 0 Å². The van der Waals surface area contributed by atoms with Gasteiger partial charge >= 0.3 is 5.97 Å². The van der Waals surface area contributed by atoms with Crippen molar-refractivity contribution in [3.05, 3.63) is 35.9 Å². The van der Waals surface area contributed by atoms with Gasteiger partial charge in [-0.05, 0) is 17.4 Å². The summed E-state index contributed by atoms with van der Waals surface area (Å²) in [5.41, 5.74) is 1.04. The van der Waals surface area contributed by atoms with Gasteiger partial charge in [-0.3, -0.25) is 0 Å². The molecule has 0 saturated carbocycles. The molecule has 1 aromatic rings. The summed E-state index contributed by atoms with van der Waals surface area (Å²) < 4.78 is 22.5. The van der Waals surface area contributed by atoms with E-state index in [0.717, 1.165) is 5.56 Å². The van der Waals surface area contributed by atoms with Crippen LogP contribution in [-0.2, 0) is 30.3 Å². The van der Waals surface area contributed by atoms with Gasteiger partial charge in [0.05, 0.1) is 32.5 Å². The molecule has 1 heterocycles. The summed E-state index contributed by atoms with van der Waals surface area (Å²) in [6.07, 6.45) is -0.314. The topological polar surface area (TPSA) is 74.2 Å². The second-order valence-corrected chi connectivity index (χ2v) is 7.45. The van der Waals surface area contributed by atoms with E-state index >= 15 is 0 Å². The fraction of sp³-hybridized carbons (Fsp3) is 0.667. The minimum atomic E-state index is -1.42. The second kappa shape index (κ2) is 9.64. The Hall–Kier alpha value is -1.47. The average Bonchev–Trinajstić information content (AvgIpc) is 2.70. The Morgan fingerprint density at radius 1 is 1.30 bits per heavy atom. The van der Waals surface area contributed by atoms with Crippen LogP contribution in [0.2, 0.25) is 0 Å². The highest BCUT2D eigenvalue weighted by Crippen LogP contribution is 2.41. The van der Waals surface area contributed by atoms with Crippen LogP contribution in [0, 0.1) is 17.8 Å². The summed E-state index contributed by atoms with van der Waals surface area (Å²) in [4.78, 5) is 12.3. The van der Waals surface area contributed by atoms with E-state index in [2.05, 4.69) is 13.8 Å². The van der Waals surface area contributed by atoms with Crippen molar-refractivity contribution >= 4 is 5.97 Å². The lowest BCUT2D eigenvalue weighted by Crippen LogP contribution is -2.57. The molecule has 0 aromatic heterocycles. The van der Waals surface area contributed by atoms with Gasteiger partial charge in [0.25, 0.3) is 5.79 Å². The van der Waals surface area contributed by atoms with Crippen LogP contribution >= 0.6 is 0 Å². The summed E-state index contributed by atoms with van der Waals surface area (Å²) in [7, 11) is 2.78. The molecule has 1 aromatic carbocycles. The van der Waals surface area contributed by atoms with Crippen LogP contribution in [-0.4, -0.2) is 49.9 Å². The van der Waals surface area contributed by atoms with Crippen molar-refractivity contribution in [1.82, 2.24) is 0 Å². The zero-order valence-electron chi connectivity index (χ0n) is 16.9.